The van der Waals surface area contributed by atoms with Crippen LogP contribution in [0.2, 0.25) is 0 Å². The Hall–Kier alpha value is -1.94. The number of carbonyl (C=O) groups is 1. The molecule has 2 aromatic rings. The molecule has 1 aliphatic rings. The molecule has 1 aliphatic carbocycles. The molecule has 1 saturated carbocycles. The van der Waals surface area contributed by atoms with E-state index in [4.69, 9.17) is 9.47 Å². The van der Waals surface area contributed by atoms with Gasteiger partial charge in [0.15, 0.2) is 11.9 Å². The number of pyridine rings is 1. The van der Waals surface area contributed by atoms with Crippen molar-refractivity contribution < 1.29 is 14.3 Å². The first kappa shape index (κ1) is 12.1. The number of aryl methyl sites for hydroxylation is 1. The van der Waals surface area contributed by atoms with Gasteiger partial charge in [-0.3, -0.25) is 4.79 Å². The Bertz CT molecular complexity index is 638. The number of methoxy groups -OCH3 is 1. The smallest absolute Gasteiger partial charge is 0.169 e. The van der Waals surface area contributed by atoms with E-state index in [2.05, 4.69) is 4.98 Å². The van der Waals surface area contributed by atoms with Crippen molar-refractivity contribution in [3.63, 3.8) is 0 Å². The number of hydrogen-bond donors (Lipinski definition) is 0. The van der Waals surface area contributed by atoms with Crippen molar-refractivity contribution in [2.45, 2.75) is 25.6 Å². The molecule has 0 amide bonds. The van der Waals surface area contributed by atoms with Crippen molar-refractivity contribution >= 4 is 16.7 Å². The molecule has 0 bridgehead atoms. The minimum absolute atomic E-state index is 0.0943. The summed E-state index contributed by atoms with van der Waals surface area (Å²) in [6.45, 7) is 1.95. The fourth-order valence-corrected chi connectivity index (χ4v) is 2.33. The summed E-state index contributed by atoms with van der Waals surface area (Å²) in [7, 11) is 1.53. The van der Waals surface area contributed by atoms with Gasteiger partial charge in [0.1, 0.15) is 17.4 Å². The Labute approximate surface area is 111 Å². The van der Waals surface area contributed by atoms with Gasteiger partial charge in [-0.25, -0.2) is 4.98 Å². The van der Waals surface area contributed by atoms with Gasteiger partial charge in [0, 0.05) is 24.6 Å². The predicted molar refractivity (Wildman–Crippen MR) is 71.3 cm³/mol. The van der Waals surface area contributed by atoms with Gasteiger partial charge < -0.3 is 9.47 Å². The molecule has 1 heterocycles. The lowest BCUT2D eigenvalue weighted by Crippen LogP contribution is -2.51. The molecule has 4 heteroatoms. The van der Waals surface area contributed by atoms with Gasteiger partial charge in [0.05, 0.1) is 0 Å². The molecule has 0 radical (unpaired) electrons. The quantitative estimate of drug-likeness (QED) is 0.846. The second kappa shape index (κ2) is 4.63. The Morgan fingerprint density at radius 2 is 2.11 bits per heavy atom. The number of fused-ring (bicyclic) bond motifs is 1. The minimum Gasteiger partial charge on any atom is -0.484 e. The van der Waals surface area contributed by atoms with E-state index in [1.54, 1.807) is 0 Å². The van der Waals surface area contributed by atoms with E-state index < -0.39 is 6.10 Å². The van der Waals surface area contributed by atoms with E-state index >= 15 is 0 Å². The molecule has 0 spiro atoms. The van der Waals surface area contributed by atoms with Crippen LogP contribution in [0.25, 0.3) is 10.9 Å². The van der Waals surface area contributed by atoms with Gasteiger partial charge in [0.2, 0.25) is 0 Å². The summed E-state index contributed by atoms with van der Waals surface area (Å²) in [6.07, 6.45) is -0.244. The third-order valence-corrected chi connectivity index (χ3v) is 3.41. The van der Waals surface area contributed by atoms with Crippen molar-refractivity contribution in [2.75, 3.05) is 7.11 Å². The van der Waals surface area contributed by atoms with Crippen LogP contribution in [0.1, 0.15) is 12.1 Å². The second-order valence-electron chi connectivity index (χ2n) is 4.76. The zero-order valence-corrected chi connectivity index (χ0v) is 10.9. The van der Waals surface area contributed by atoms with Crippen LogP contribution in [0.3, 0.4) is 0 Å². The molecule has 0 saturated heterocycles. The first-order chi connectivity index (χ1) is 9.19. The van der Waals surface area contributed by atoms with Crippen LogP contribution in [0, 0.1) is 6.92 Å². The molecule has 1 fully saturated rings. The van der Waals surface area contributed by atoms with Crippen molar-refractivity contribution in [3.05, 3.63) is 36.0 Å². The Morgan fingerprint density at radius 1 is 1.26 bits per heavy atom. The third-order valence-electron chi connectivity index (χ3n) is 3.41. The first-order valence-electron chi connectivity index (χ1n) is 6.27. The summed E-state index contributed by atoms with van der Waals surface area (Å²) < 4.78 is 11.0. The zero-order chi connectivity index (χ0) is 13.4. The van der Waals surface area contributed by atoms with Crippen LogP contribution in [-0.4, -0.2) is 30.1 Å². The van der Waals surface area contributed by atoms with Gasteiger partial charge >= 0.3 is 0 Å². The van der Waals surface area contributed by atoms with Gasteiger partial charge in [-0.2, -0.15) is 0 Å². The molecule has 4 nitrogen and oxygen atoms in total. The lowest BCUT2D eigenvalue weighted by molar-refractivity contribution is -0.150. The second-order valence-corrected chi connectivity index (χ2v) is 4.76. The number of rotatable bonds is 3. The van der Waals surface area contributed by atoms with E-state index in [1.165, 1.54) is 7.11 Å². The SMILES string of the molecule is COC1C(=O)CC1Oc1cccc2ccc(C)nc12. The monoisotopic (exact) mass is 257 g/mol. The van der Waals surface area contributed by atoms with Crippen LogP contribution in [0.4, 0.5) is 0 Å². The van der Waals surface area contributed by atoms with Crippen LogP contribution < -0.4 is 4.74 Å². The Kier molecular flexibility index (Phi) is 2.95. The molecule has 98 valence electrons. The average Bonchev–Trinajstić information content (AvgIpc) is 2.39. The molecular formula is C15H15NO3. The number of aromatic nitrogens is 1. The fourth-order valence-electron chi connectivity index (χ4n) is 2.33. The molecule has 2 atom stereocenters. The molecular weight excluding hydrogens is 242 g/mol. The number of para-hydroxylation sites is 1. The molecule has 19 heavy (non-hydrogen) atoms. The number of hydrogen-bond acceptors (Lipinski definition) is 4. The number of ether oxygens (including phenoxy) is 2. The molecule has 2 unspecified atom stereocenters. The highest BCUT2D eigenvalue weighted by Crippen LogP contribution is 2.29. The van der Waals surface area contributed by atoms with Crippen molar-refractivity contribution in [2.24, 2.45) is 0 Å². The van der Waals surface area contributed by atoms with Crippen LogP contribution in [0.15, 0.2) is 30.3 Å². The third kappa shape index (κ3) is 2.08. The summed E-state index contributed by atoms with van der Waals surface area (Å²) in [5, 5.41) is 1.03. The summed E-state index contributed by atoms with van der Waals surface area (Å²) in [5.74, 6) is 0.803. The topological polar surface area (TPSA) is 48.4 Å². The van der Waals surface area contributed by atoms with E-state index in [1.807, 2.05) is 37.3 Å². The summed E-state index contributed by atoms with van der Waals surface area (Å²) >= 11 is 0. The Morgan fingerprint density at radius 3 is 2.84 bits per heavy atom. The number of benzene rings is 1. The number of carbonyl (C=O) groups excluding carboxylic acids is 1. The lowest BCUT2D eigenvalue weighted by Gasteiger charge is -2.33. The normalized spacial score (nSPS) is 22.3. The number of Topliss-reactive ketones (excluding diaryl/α,β-unsaturated/α-hetero) is 1. The highest BCUT2D eigenvalue weighted by molar-refractivity contribution is 5.91. The lowest BCUT2D eigenvalue weighted by atomic mass is 9.90. The van der Waals surface area contributed by atoms with Crippen molar-refractivity contribution in [1.82, 2.24) is 4.98 Å². The molecule has 1 aromatic carbocycles. The minimum atomic E-state index is -0.444. The average molecular weight is 257 g/mol. The first-order valence-corrected chi connectivity index (χ1v) is 6.27. The Balaban J connectivity index is 1.93. The van der Waals surface area contributed by atoms with Gasteiger partial charge in [0.25, 0.3) is 0 Å². The van der Waals surface area contributed by atoms with Crippen LogP contribution in [-0.2, 0) is 9.53 Å². The summed E-state index contributed by atoms with van der Waals surface area (Å²) in [6, 6.07) is 9.79. The highest BCUT2D eigenvalue weighted by Gasteiger charge is 2.42. The standard InChI is InChI=1S/C15H15NO3/c1-9-6-7-10-4-3-5-12(14(10)16-9)19-13-8-11(17)15(13)18-2/h3-7,13,15H,8H2,1-2H3. The maximum absolute atomic E-state index is 11.4. The maximum Gasteiger partial charge on any atom is 0.169 e. The van der Waals surface area contributed by atoms with Crippen molar-refractivity contribution in [1.29, 1.82) is 0 Å². The van der Waals surface area contributed by atoms with E-state index in [9.17, 15) is 4.79 Å². The van der Waals surface area contributed by atoms with Gasteiger partial charge in [-0.15, -0.1) is 0 Å². The maximum atomic E-state index is 11.4. The number of nitrogens with zero attached hydrogens (tertiary/aromatic N) is 1. The summed E-state index contributed by atoms with van der Waals surface area (Å²) in [5.41, 5.74) is 1.77. The van der Waals surface area contributed by atoms with E-state index in [0.29, 0.717) is 12.2 Å². The van der Waals surface area contributed by atoms with E-state index in [-0.39, 0.29) is 11.9 Å². The van der Waals surface area contributed by atoms with Crippen LogP contribution >= 0.6 is 0 Å². The van der Waals surface area contributed by atoms with Gasteiger partial charge in [-0.05, 0) is 19.1 Å². The molecule has 3 rings (SSSR count). The number of ketones is 1. The highest BCUT2D eigenvalue weighted by atomic mass is 16.5. The molecule has 0 N–H and O–H groups in total. The van der Waals surface area contributed by atoms with E-state index in [0.717, 1.165) is 16.6 Å². The van der Waals surface area contributed by atoms with Crippen molar-refractivity contribution in [3.8, 4) is 5.75 Å². The molecule has 0 aliphatic heterocycles. The largest absolute Gasteiger partial charge is 0.484 e. The molecule has 1 aromatic heterocycles. The predicted octanol–water partition coefficient (Wildman–Crippen LogP) is 2.28. The fraction of sp³-hybridized carbons (Fsp3) is 0.333. The summed E-state index contributed by atoms with van der Waals surface area (Å²) in [4.78, 5) is 15.9. The van der Waals surface area contributed by atoms with Gasteiger partial charge in [-0.1, -0.05) is 18.2 Å². The van der Waals surface area contributed by atoms with Crippen LogP contribution in [0.5, 0.6) is 5.75 Å². The zero-order valence-electron chi connectivity index (χ0n) is 10.9.